The van der Waals surface area contributed by atoms with Gasteiger partial charge in [-0.1, -0.05) is 63.2 Å². The van der Waals surface area contributed by atoms with Gasteiger partial charge in [0.15, 0.2) is 5.96 Å². The molecule has 1 atom stereocenters. The first-order valence-corrected chi connectivity index (χ1v) is 9.03. The second-order valence-electron chi connectivity index (χ2n) is 7.06. The van der Waals surface area contributed by atoms with E-state index >= 15 is 0 Å². The molecule has 2 aromatic carbocycles. The largest absolute Gasteiger partial charge is 0.370 e. The van der Waals surface area contributed by atoms with Crippen LogP contribution in [0.1, 0.15) is 42.6 Å². The molecule has 1 unspecified atom stereocenters. The van der Waals surface area contributed by atoms with Crippen molar-refractivity contribution in [3.63, 3.8) is 0 Å². The molecule has 3 rings (SSSR count). The SMILES string of the molecule is CC(C)C(C)c1cccc2nc(-c3ccccc3)cc(C(=O)NC(=N)N)c12. The molecular formula is C22H24N4O. The van der Waals surface area contributed by atoms with Crippen LogP contribution in [0.4, 0.5) is 0 Å². The Hall–Kier alpha value is -3.21. The zero-order valence-corrected chi connectivity index (χ0v) is 15.8. The van der Waals surface area contributed by atoms with Gasteiger partial charge in [0.05, 0.1) is 16.8 Å². The normalized spacial score (nSPS) is 12.1. The van der Waals surface area contributed by atoms with Crippen LogP contribution in [-0.4, -0.2) is 16.9 Å². The van der Waals surface area contributed by atoms with Gasteiger partial charge in [0, 0.05) is 10.9 Å². The smallest absolute Gasteiger partial charge is 0.258 e. The minimum absolute atomic E-state index is 0.252. The highest BCUT2D eigenvalue weighted by molar-refractivity contribution is 6.13. The monoisotopic (exact) mass is 360 g/mol. The molecule has 0 radical (unpaired) electrons. The van der Waals surface area contributed by atoms with E-state index in [4.69, 9.17) is 16.1 Å². The standard InChI is InChI=1S/C22H24N4O/c1-13(2)14(3)16-10-7-11-18-20(16)17(21(27)26-22(23)24)12-19(25-18)15-8-5-4-6-9-15/h4-14H,1-3H3,(H4,23,24,26,27). The fraction of sp³-hybridized carbons (Fsp3) is 0.227. The van der Waals surface area contributed by atoms with Gasteiger partial charge >= 0.3 is 0 Å². The van der Waals surface area contributed by atoms with Crippen LogP contribution in [0.2, 0.25) is 0 Å². The predicted octanol–water partition coefficient (Wildman–Crippen LogP) is 4.28. The molecule has 0 saturated carbocycles. The summed E-state index contributed by atoms with van der Waals surface area (Å²) in [6.45, 7) is 6.46. The molecule has 0 fully saturated rings. The van der Waals surface area contributed by atoms with E-state index < -0.39 is 5.91 Å². The number of hydrogen-bond donors (Lipinski definition) is 3. The Bertz CT molecular complexity index is 996. The van der Waals surface area contributed by atoms with Crippen molar-refractivity contribution < 1.29 is 4.79 Å². The first kappa shape index (κ1) is 18.6. The van der Waals surface area contributed by atoms with E-state index in [-0.39, 0.29) is 11.9 Å². The van der Waals surface area contributed by atoms with Crippen LogP contribution in [0.3, 0.4) is 0 Å². The number of nitrogens with one attached hydrogen (secondary N) is 2. The van der Waals surface area contributed by atoms with E-state index in [1.54, 1.807) is 6.07 Å². The van der Waals surface area contributed by atoms with Crippen molar-refractivity contribution in [2.75, 3.05) is 0 Å². The Morgan fingerprint density at radius 3 is 2.41 bits per heavy atom. The lowest BCUT2D eigenvalue weighted by atomic mass is 9.86. The molecule has 27 heavy (non-hydrogen) atoms. The second-order valence-corrected chi connectivity index (χ2v) is 7.06. The lowest BCUT2D eigenvalue weighted by Gasteiger charge is -2.20. The average Bonchev–Trinajstić information content (AvgIpc) is 2.66. The fourth-order valence-electron chi connectivity index (χ4n) is 3.18. The molecule has 4 N–H and O–H groups in total. The van der Waals surface area contributed by atoms with Crippen LogP contribution in [-0.2, 0) is 0 Å². The van der Waals surface area contributed by atoms with Gasteiger partial charge in [-0.25, -0.2) is 4.98 Å². The molecule has 3 aromatic rings. The maximum atomic E-state index is 12.8. The van der Waals surface area contributed by atoms with Crippen molar-refractivity contribution in [3.05, 3.63) is 65.7 Å². The Morgan fingerprint density at radius 2 is 1.78 bits per heavy atom. The summed E-state index contributed by atoms with van der Waals surface area (Å²) >= 11 is 0. The molecule has 0 bridgehead atoms. The third kappa shape index (κ3) is 3.82. The third-order valence-electron chi connectivity index (χ3n) is 4.92. The number of amides is 1. The van der Waals surface area contributed by atoms with E-state index in [1.807, 2.05) is 48.5 Å². The minimum atomic E-state index is -0.393. The molecule has 1 heterocycles. The molecule has 1 aromatic heterocycles. The summed E-state index contributed by atoms with van der Waals surface area (Å²) in [6.07, 6.45) is 0. The first-order valence-electron chi connectivity index (χ1n) is 9.03. The Balaban J connectivity index is 2.30. The van der Waals surface area contributed by atoms with Crippen molar-refractivity contribution in [1.82, 2.24) is 10.3 Å². The molecule has 5 heteroatoms. The topological polar surface area (TPSA) is 91.9 Å². The predicted molar refractivity (Wildman–Crippen MR) is 110 cm³/mol. The van der Waals surface area contributed by atoms with Gasteiger partial charge in [0.1, 0.15) is 0 Å². The van der Waals surface area contributed by atoms with E-state index in [0.29, 0.717) is 17.2 Å². The number of rotatable bonds is 4. The lowest BCUT2D eigenvalue weighted by molar-refractivity contribution is 0.0978. The molecule has 138 valence electrons. The summed E-state index contributed by atoms with van der Waals surface area (Å²) in [7, 11) is 0. The maximum absolute atomic E-state index is 12.8. The number of pyridine rings is 1. The zero-order valence-electron chi connectivity index (χ0n) is 15.8. The molecule has 1 amide bonds. The quantitative estimate of drug-likeness (QED) is 0.479. The highest BCUT2D eigenvalue weighted by Crippen LogP contribution is 2.33. The molecule has 0 aliphatic rings. The van der Waals surface area contributed by atoms with Gasteiger partial charge in [-0.15, -0.1) is 0 Å². The van der Waals surface area contributed by atoms with Crippen molar-refractivity contribution in [1.29, 1.82) is 5.41 Å². The number of nitrogens with two attached hydrogens (primary N) is 1. The molecule has 5 nitrogen and oxygen atoms in total. The van der Waals surface area contributed by atoms with E-state index in [2.05, 4.69) is 26.1 Å². The second kappa shape index (κ2) is 7.58. The summed E-state index contributed by atoms with van der Waals surface area (Å²) in [5.41, 5.74) is 9.36. The molecule has 0 spiro atoms. The summed E-state index contributed by atoms with van der Waals surface area (Å²) in [5.74, 6) is -0.105. The number of carbonyl (C=O) groups is 1. The number of benzene rings is 2. The van der Waals surface area contributed by atoms with Gasteiger partial charge in [-0.05, 0) is 29.5 Å². The average molecular weight is 360 g/mol. The number of fused-ring (bicyclic) bond motifs is 1. The van der Waals surface area contributed by atoms with Crippen LogP contribution < -0.4 is 11.1 Å². The van der Waals surface area contributed by atoms with E-state index in [1.165, 1.54) is 0 Å². The van der Waals surface area contributed by atoms with Crippen LogP contribution in [0.5, 0.6) is 0 Å². The Labute approximate surface area is 159 Å². The maximum Gasteiger partial charge on any atom is 0.258 e. The lowest BCUT2D eigenvalue weighted by Crippen LogP contribution is -2.36. The summed E-state index contributed by atoms with van der Waals surface area (Å²) in [5, 5.41) is 10.7. The van der Waals surface area contributed by atoms with Crippen LogP contribution in [0, 0.1) is 11.3 Å². The van der Waals surface area contributed by atoms with Gasteiger partial charge in [0.2, 0.25) is 0 Å². The number of carbonyl (C=O) groups excluding carboxylic acids is 1. The summed E-state index contributed by atoms with van der Waals surface area (Å²) < 4.78 is 0. The number of guanidine groups is 1. The fourth-order valence-corrected chi connectivity index (χ4v) is 3.18. The van der Waals surface area contributed by atoms with Crippen LogP contribution >= 0.6 is 0 Å². The van der Waals surface area contributed by atoms with Crippen molar-refractivity contribution in [3.8, 4) is 11.3 Å². The molecule has 0 aliphatic carbocycles. The molecular weight excluding hydrogens is 336 g/mol. The van der Waals surface area contributed by atoms with Crippen LogP contribution in [0.25, 0.3) is 22.2 Å². The van der Waals surface area contributed by atoms with Crippen molar-refractivity contribution >= 4 is 22.8 Å². The third-order valence-corrected chi connectivity index (χ3v) is 4.92. The van der Waals surface area contributed by atoms with E-state index in [9.17, 15) is 4.79 Å². The zero-order chi connectivity index (χ0) is 19.6. The van der Waals surface area contributed by atoms with Gasteiger partial charge in [-0.3, -0.25) is 15.5 Å². The van der Waals surface area contributed by atoms with Crippen molar-refractivity contribution in [2.45, 2.75) is 26.7 Å². The Morgan fingerprint density at radius 1 is 1.07 bits per heavy atom. The number of nitrogens with zero attached hydrogens (tertiary/aromatic N) is 1. The molecule has 0 saturated heterocycles. The van der Waals surface area contributed by atoms with Gasteiger partial charge < -0.3 is 5.73 Å². The molecule has 0 aliphatic heterocycles. The summed E-state index contributed by atoms with van der Waals surface area (Å²) in [4.78, 5) is 17.6. The number of hydrogen-bond acceptors (Lipinski definition) is 3. The van der Waals surface area contributed by atoms with Gasteiger partial charge in [-0.2, -0.15) is 0 Å². The number of aromatic nitrogens is 1. The summed E-state index contributed by atoms with van der Waals surface area (Å²) in [6, 6.07) is 17.5. The van der Waals surface area contributed by atoms with Crippen LogP contribution in [0.15, 0.2) is 54.6 Å². The van der Waals surface area contributed by atoms with Crippen molar-refractivity contribution in [2.24, 2.45) is 11.7 Å². The highest BCUT2D eigenvalue weighted by Gasteiger charge is 2.21. The Kier molecular flexibility index (Phi) is 5.21. The minimum Gasteiger partial charge on any atom is -0.370 e. The first-order chi connectivity index (χ1) is 12.9. The van der Waals surface area contributed by atoms with Gasteiger partial charge in [0.25, 0.3) is 5.91 Å². The highest BCUT2D eigenvalue weighted by atomic mass is 16.1. The van der Waals surface area contributed by atoms with E-state index in [0.717, 1.165) is 22.0 Å².